The number of anilines is 1. The third-order valence-corrected chi connectivity index (χ3v) is 3.37. The molecule has 0 bridgehead atoms. The van der Waals surface area contributed by atoms with E-state index in [-0.39, 0.29) is 18.7 Å². The first kappa shape index (κ1) is 14.2. The summed E-state index contributed by atoms with van der Waals surface area (Å²) in [6, 6.07) is 9.06. The smallest absolute Gasteiger partial charge is 0.319 e. The minimum Gasteiger partial charge on any atom is -0.477 e. The van der Waals surface area contributed by atoms with Crippen molar-refractivity contribution in [2.75, 3.05) is 11.9 Å². The second kappa shape index (κ2) is 7.39. The van der Waals surface area contributed by atoms with Crippen LogP contribution >= 0.6 is 0 Å². The third kappa shape index (κ3) is 4.16. The fraction of sp³-hybridized carbons (Fsp3) is 0.467. The number of nitrogens with one attached hydrogen (secondary N) is 2. The molecule has 1 aliphatic rings. The Hall–Kier alpha value is -2.22. The predicted molar refractivity (Wildman–Crippen MR) is 76.6 cm³/mol. The maximum absolute atomic E-state index is 12.0. The summed E-state index contributed by atoms with van der Waals surface area (Å²) in [7, 11) is 0. The molecule has 2 N–H and O–H groups in total. The molecule has 1 aromatic carbocycles. The lowest BCUT2D eigenvalue weighted by Crippen LogP contribution is -2.39. The summed E-state index contributed by atoms with van der Waals surface area (Å²) < 4.78 is 5.27. The van der Waals surface area contributed by atoms with Crippen LogP contribution in [0.1, 0.15) is 32.1 Å². The molecular formula is C15H19N3O2. The van der Waals surface area contributed by atoms with Crippen LogP contribution in [-0.2, 0) is 0 Å². The van der Waals surface area contributed by atoms with Crippen molar-refractivity contribution in [3.63, 3.8) is 0 Å². The molecule has 0 aromatic heterocycles. The molecule has 0 saturated heterocycles. The molecular weight excluding hydrogens is 254 g/mol. The lowest BCUT2D eigenvalue weighted by molar-refractivity contribution is 0.244. The van der Waals surface area contributed by atoms with E-state index in [9.17, 15) is 4.79 Å². The first-order chi connectivity index (χ1) is 9.79. The Labute approximate surface area is 118 Å². The standard InChI is InChI=1S/C15H19N3O2/c16-10-11-20-14-9-5-4-8-13(14)18-15(19)17-12-6-2-1-3-7-12/h4-5,8-9,12H,1-3,6-7,11H2,(H2,17,18,19). The van der Waals surface area contributed by atoms with E-state index in [2.05, 4.69) is 10.6 Å². The van der Waals surface area contributed by atoms with Gasteiger partial charge in [0.1, 0.15) is 11.8 Å². The van der Waals surface area contributed by atoms with Crippen LogP contribution in [0.5, 0.6) is 5.75 Å². The number of carbonyl (C=O) groups is 1. The van der Waals surface area contributed by atoms with Gasteiger partial charge in [-0.25, -0.2) is 4.79 Å². The van der Waals surface area contributed by atoms with Crippen molar-refractivity contribution >= 4 is 11.7 Å². The van der Waals surface area contributed by atoms with Crippen LogP contribution in [-0.4, -0.2) is 18.7 Å². The van der Waals surface area contributed by atoms with E-state index in [0.29, 0.717) is 11.4 Å². The van der Waals surface area contributed by atoms with Gasteiger partial charge in [-0.2, -0.15) is 5.26 Å². The fourth-order valence-electron chi connectivity index (χ4n) is 2.40. The van der Waals surface area contributed by atoms with Gasteiger partial charge in [-0.15, -0.1) is 0 Å². The third-order valence-electron chi connectivity index (χ3n) is 3.37. The maximum Gasteiger partial charge on any atom is 0.319 e. The van der Waals surface area contributed by atoms with Crippen molar-refractivity contribution in [2.45, 2.75) is 38.1 Å². The summed E-state index contributed by atoms with van der Waals surface area (Å²) in [5.74, 6) is 0.507. The van der Waals surface area contributed by atoms with Crippen LogP contribution in [0.3, 0.4) is 0 Å². The fourth-order valence-corrected chi connectivity index (χ4v) is 2.40. The van der Waals surface area contributed by atoms with Crippen LogP contribution in [0.4, 0.5) is 10.5 Å². The highest BCUT2D eigenvalue weighted by atomic mass is 16.5. The molecule has 0 atom stereocenters. The molecule has 0 unspecified atom stereocenters. The molecule has 0 radical (unpaired) electrons. The number of hydrogen-bond donors (Lipinski definition) is 2. The van der Waals surface area contributed by atoms with Crippen LogP contribution in [0.25, 0.3) is 0 Å². The second-order valence-electron chi connectivity index (χ2n) is 4.88. The van der Waals surface area contributed by atoms with E-state index in [0.717, 1.165) is 12.8 Å². The molecule has 20 heavy (non-hydrogen) atoms. The summed E-state index contributed by atoms with van der Waals surface area (Å²) in [4.78, 5) is 12.0. The SMILES string of the molecule is N#CCOc1ccccc1NC(=O)NC1CCCCC1. The number of para-hydroxylation sites is 2. The summed E-state index contributed by atoms with van der Waals surface area (Å²) in [5.41, 5.74) is 0.580. The van der Waals surface area contributed by atoms with E-state index < -0.39 is 0 Å². The van der Waals surface area contributed by atoms with Crippen LogP contribution in [0, 0.1) is 11.3 Å². The maximum atomic E-state index is 12.0. The lowest BCUT2D eigenvalue weighted by atomic mass is 9.96. The molecule has 1 aromatic rings. The Balaban J connectivity index is 1.91. The van der Waals surface area contributed by atoms with Crippen LogP contribution < -0.4 is 15.4 Å². The van der Waals surface area contributed by atoms with Gasteiger partial charge < -0.3 is 15.4 Å². The average Bonchev–Trinajstić information content (AvgIpc) is 2.47. The Kier molecular flexibility index (Phi) is 5.24. The molecule has 106 valence electrons. The topological polar surface area (TPSA) is 74.1 Å². The number of nitriles is 1. The van der Waals surface area contributed by atoms with Crippen molar-refractivity contribution in [1.29, 1.82) is 5.26 Å². The van der Waals surface area contributed by atoms with E-state index >= 15 is 0 Å². The van der Waals surface area contributed by atoms with E-state index in [1.807, 2.05) is 12.1 Å². The summed E-state index contributed by atoms with van der Waals surface area (Å²) in [6.45, 7) is -0.0388. The van der Waals surface area contributed by atoms with Gasteiger partial charge in [-0.05, 0) is 25.0 Å². The van der Waals surface area contributed by atoms with Crippen molar-refractivity contribution in [2.24, 2.45) is 0 Å². The van der Waals surface area contributed by atoms with Gasteiger partial charge in [-0.3, -0.25) is 0 Å². The zero-order chi connectivity index (χ0) is 14.2. The number of amides is 2. The Morgan fingerprint density at radius 1 is 1.30 bits per heavy atom. The number of ether oxygens (including phenoxy) is 1. The first-order valence-corrected chi connectivity index (χ1v) is 6.96. The highest BCUT2D eigenvalue weighted by Crippen LogP contribution is 2.24. The second-order valence-corrected chi connectivity index (χ2v) is 4.88. The molecule has 1 saturated carbocycles. The van der Waals surface area contributed by atoms with Gasteiger partial charge >= 0.3 is 6.03 Å². The van der Waals surface area contributed by atoms with Gasteiger partial charge in [0.25, 0.3) is 0 Å². The summed E-state index contributed by atoms with van der Waals surface area (Å²) in [6.07, 6.45) is 5.68. The molecule has 2 rings (SSSR count). The molecule has 0 aliphatic heterocycles. The normalized spacial score (nSPS) is 15.2. The highest BCUT2D eigenvalue weighted by molar-refractivity contribution is 5.91. The zero-order valence-electron chi connectivity index (χ0n) is 11.4. The minimum absolute atomic E-state index is 0.0388. The molecule has 0 spiro atoms. The van der Waals surface area contributed by atoms with Gasteiger partial charge in [0.2, 0.25) is 0 Å². The van der Waals surface area contributed by atoms with Crippen molar-refractivity contribution < 1.29 is 9.53 Å². The van der Waals surface area contributed by atoms with Crippen molar-refractivity contribution in [3.8, 4) is 11.8 Å². The van der Waals surface area contributed by atoms with Crippen molar-refractivity contribution in [1.82, 2.24) is 5.32 Å². The molecule has 5 heteroatoms. The molecule has 1 aliphatic carbocycles. The van der Waals surface area contributed by atoms with Crippen molar-refractivity contribution in [3.05, 3.63) is 24.3 Å². The quantitative estimate of drug-likeness (QED) is 0.885. The summed E-state index contributed by atoms with van der Waals surface area (Å²) in [5, 5.41) is 14.3. The number of nitrogens with zero attached hydrogens (tertiary/aromatic N) is 1. The van der Waals surface area contributed by atoms with E-state index in [1.54, 1.807) is 18.2 Å². The largest absolute Gasteiger partial charge is 0.477 e. The van der Waals surface area contributed by atoms with E-state index in [4.69, 9.17) is 10.00 Å². The van der Waals surface area contributed by atoms with Crippen LogP contribution in [0.2, 0.25) is 0 Å². The number of benzene rings is 1. The lowest BCUT2D eigenvalue weighted by Gasteiger charge is -2.23. The number of urea groups is 1. The van der Waals surface area contributed by atoms with Gasteiger partial charge in [0.05, 0.1) is 5.69 Å². The molecule has 0 heterocycles. The average molecular weight is 273 g/mol. The molecule has 1 fully saturated rings. The molecule has 2 amide bonds. The van der Waals surface area contributed by atoms with Gasteiger partial charge in [-0.1, -0.05) is 31.4 Å². The minimum atomic E-state index is -0.218. The van der Waals surface area contributed by atoms with Gasteiger partial charge in [0.15, 0.2) is 6.61 Å². The van der Waals surface area contributed by atoms with E-state index in [1.165, 1.54) is 19.3 Å². The zero-order valence-corrected chi connectivity index (χ0v) is 11.4. The van der Waals surface area contributed by atoms with Crippen LogP contribution in [0.15, 0.2) is 24.3 Å². The van der Waals surface area contributed by atoms with Gasteiger partial charge in [0, 0.05) is 6.04 Å². The first-order valence-electron chi connectivity index (χ1n) is 6.96. The Bertz CT molecular complexity index is 490. The Morgan fingerprint density at radius 2 is 2.05 bits per heavy atom. The monoisotopic (exact) mass is 273 g/mol. The highest BCUT2D eigenvalue weighted by Gasteiger charge is 2.16. The molecule has 5 nitrogen and oxygen atoms in total. The predicted octanol–water partition coefficient (Wildman–Crippen LogP) is 3.04. The summed E-state index contributed by atoms with van der Waals surface area (Å²) >= 11 is 0. The number of rotatable bonds is 4. The number of carbonyl (C=O) groups excluding carboxylic acids is 1. The Morgan fingerprint density at radius 3 is 2.80 bits per heavy atom. The number of hydrogen-bond acceptors (Lipinski definition) is 3.